The Morgan fingerprint density at radius 3 is 2.38 bits per heavy atom. The lowest BCUT2D eigenvalue weighted by molar-refractivity contribution is -0.143. The summed E-state index contributed by atoms with van der Waals surface area (Å²) in [5.41, 5.74) is 2.02. The van der Waals surface area contributed by atoms with Crippen LogP contribution in [0.5, 0.6) is 0 Å². The predicted octanol–water partition coefficient (Wildman–Crippen LogP) is 0.983. The zero-order valence-electron chi connectivity index (χ0n) is 11.9. The van der Waals surface area contributed by atoms with Gasteiger partial charge in [-0.05, 0) is 19.4 Å². The lowest BCUT2D eigenvalue weighted by atomic mass is 10.1. The van der Waals surface area contributed by atoms with Gasteiger partial charge in [0.1, 0.15) is 13.2 Å². The van der Waals surface area contributed by atoms with Gasteiger partial charge in [-0.1, -0.05) is 29.8 Å². The second-order valence-electron chi connectivity index (χ2n) is 4.54. The third-order valence-electron chi connectivity index (χ3n) is 2.64. The van der Waals surface area contributed by atoms with Crippen molar-refractivity contribution >= 4 is 17.9 Å². The van der Waals surface area contributed by atoms with Gasteiger partial charge in [0.15, 0.2) is 0 Å². The van der Waals surface area contributed by atoms with E-state index in [0.717, 1.165) is 11.1 Å². The van der Waals surface area contributed by atoms with Crippen molar-refractivity contribution in [3.63, 3.8) is 0 Å². The number of carbonyl (C=O) groups is 3. The van der Waals surface area contributed by atoms with E-state index >= 15 is 0 Å². The van der Waals surface area contributed by atoms with E-state index in [1.807, 2.05) is 31.2 Å². The molecule has 0 fully saturated rings. The van der Waals surface area contributed by atoms with Crippen LogP contribution < -0.4 is 10.6 Å². The first-order valence-electron chi connectivity index (χ1n) is 6.35. The number of rotatable bonds is 6. The van der Waals surface area contributed by atoms with Gasteiger partial charge in [0, 0.05) is 0 Å². The van der Waals surface area contributed by atoms with Gasteiger partial charge in [-0.2, -0.15) is 0 Å². The monoisotopic (exact) mass is 294 g/mol. The standard InChI is InChI=1S/C14H18N2O5/c1-9-3-5-11(6-4-9)10(2)15-14(20)16-12(17)7-21-8-13(18)19/h3-6,10H,7-8H2,1-2H3,(H,18,19)(H2,15,16,17,20). The maximum absolute atomic E-state index is 11.6. The number of amides is 3. The van der Waals surface area contributed by atoms with E-state index in [2.05, 4.69) is 15.4 Å². The maximum Gasteiger partial charge on any atom is 0.329 e. The first-order chi connectivity index (χ1) is 9.88. The van der Waals surface area contributed by atoms with Gasteiger partial charge in [0.25, 0.3) is 5.91 Å². The highest BCUT2D eigenvalue weighted by molar-refractivity contribution is 5.95. The van der Waals surface area contributed by atoms with Gasteiger partial charge in [0.2, 0.25) is 0 Å². The molecule has 0 aliphatic heterocycles. The van der Waals surface area contributed by atoms with E-state index in [4.69, 9.17) is 5.11 Å². The number of aryl methyl sites for hydroxylation is 1. The molecule has 114 valence electrons. The first-order valence-corrected chi connectivity index (χ1v) is 6.35. The number of carboxylic acid groups (broad SMARTS) is 1. The number of ether oxygens (including phenoxy) is 1. The zero-order chi connectivity index (χ0) is 15.8. The molecule has 1 rings (SSSR count). The lowest BCUT2D eigenvalue weighted by Gasteiger charge is -2.14. The Morgan fingerprint density at radius 2 is 1.81 bits per heavy atom. The molecule has 7 nitrogen and oxygen atoms in total. The second kappa shape index (κ2) is 8.01. The third-order valence-corrected chi connectivity index (χ3v) is 2.64. The smallest absolute Gasteiger partial charge is 0.329 e. The van der Waals surface area contributed by atoms with Crippen LogP contribution in [0.2, 0.25) is 0 Å². The molecule has 0 saturated heterocycles. The van der Waals surface area contributed by atoms with Gasteiger partial charge in [0.05, 0.1) is 6.04 Å². The first kappa shape index (κ1) is 16.6. The molecule has 1 aromatic rings. The molecule has 3 amide bonds. The fourth-order valence-corrected chi connectivity index (χ4v) is 1.56. The van der Waals surface area contributed by atoms with Crippen molar-refractivity contribution in [3.8, 4) is 0 Å². The van der Waals surface area contributed by atoms with E-state index in [-0.39, 0.29) is 6.04 Å². The van der Waals surface area contributed by atoms with Crippen LogP contribution in [0.4, 0.5) is 4.79 Å². The van der Waals surface area contributed by atoms with Crippen molar-refractivity contribution in [3.05, 3.63) is 35.4 Å². The number of nitrogens with one attached hydrogen (secondary N) is 2. The Labute approximate surface area is 122 Å². The Kier molecular flexibility index (Phi) is 6.35. The number of imide groups is 1. The number of aliphatic carboxylic acids is 1. The molecule has 0 radical (unpaired) electrons. The highest BCUT2D eigenvalue weighted by Gasteiger charge is 2.12. The molecule has 0 aliphatic carbocycles. The van der Waals surface area contributed by atoms with Crippen molar-refractivity contribution in [2.24, 2.45) is 0 Å². The van der Waals surface area contributed by atoms with Crippen LogP contribution in [-0.2, 0) is 14.3 Å². The van der Waals surface area contributed by atoms with Crippen LogP contribution in [0, 0.1) is 6.92 Å². The molecule has 1 unspecified atom stereocenters. The summed E-state index contributed by atoms with van der Waals surface area (Å²) < 4.78 is 4.57. The van der Waals surface area contributed by atoms with Crippen LogP contribution in [0.25, 0.3) is 0 Å². The maximum atomic E-state index is 11.6. The Morgan fingerprint density at radius 1 is 1.19 bits per heavy atom. The quantitative estimate of drug-likeness (QED) is 0.725. The minimum absolute atomic E-state index is 0.265. The Bertz CT molecular complexity index is 513. The Hall–Kier alpha value is -2.41. The fourth-order valence-electron chi connectivity index (χ4n) is 1.56. The van der Waals surface area contributed by atoms with Gasteiger partial charge >= 0.3 is 12.0 Å². The molecule has 0 aromatic heterocycles. The van der Waals surface area contributed by atoms with Crippen LogP contribution in [0.15, 0.2) is 24.3 Å². The summed E-state index contributed by atoms with van der Waals surface area (Å²) in [5.74, 6) is -1.88. The van der Waals surface area contributed by atoms with E-state index in [9.17, 15) is 14.4 Å². The second-order valence-corrected chi connectivity index (χ2v) is 4.54. The summed E-state index contributed by atoms with van der Waals surface area (Å²) in [6, 6.07) is 6.70. The normalized spacial score (nSPS) is 11.5. The van der Waals surface area contributed by atoms with E-state index in [1.54, 1.807) is 6.92 Å². The third kappa shape index (κ3) is 6.53. The van der Waals surface area contributed by atoms with Crippen molar-refractivity contribution in [1.82, 2.24) is 10.6 Å². The number of carbonyl (C=O) groups excluding carboxylic acids is 2. The molecule has 1 aromatic carbocycles. The van der Waals surface area contributed by atoms with Crippen molar-refractivity contribution < 1.29 is 24.2 Å². The minimum Gasteiger partial charge on any atom is -0.480 e. The van der Waals surface area contributed by atoms with Crippen LogP contribution in [0.1, 0.15) is 24.1 Å². The summed E-state index contributed by atoms with van der Waals surface area (Å²) in [7, 11) is 0. The summed E-state index contributed by atoms with van der Waals surface area (Å²) in [5, 5.41) is 13.0. The highest BCUT2D eigenvalue weighted by atomic mass is 16.5. The average Bonchev–Trinajstić information content (AvgIpc) is 2.38. The molecule has 1 atom stereocenters. The predicted molar refractivity (Wildman–Crippen MR) is 74.7 cm³/mol. The fraction of sp³-hybridized carbons (Fsp3) is 0.357. The molecule has 0 aliphatic rings. The van der Waals surface area contributed by atoms with Gasteiger partial charge in [-0.3, -0.25) is 10.1 Å². The summed E-state index contributed by atoms with van der Waals surface area (Å²) in [4.78, 5) is 33.1. The summed E-state index contributed by atoms with van der Waals surface area (Å²) in [6.07, 6.45) is 0. The van der Waals surface area contributed by atoms with Crippen LogP contribution in [-0.4, -0.2) is 36.2 Å². The lowest BCUT2D eigenvalue weighted by Crippen LogP contribution is -2.42. The number of hydrogen-bond acceptors (Lipinski definition) is 4. The number of urea groups is 1. The number of benzene rings is 1. The molecule has 0 heterocycles. The van der Waals surface area contributed by atoms with Crippen molar-refractivity contribution in [2.45, 2.75) is 19.9 Å². The van der Waals surface area contributed by atoms with Crippen molar-refractivity contribution in [2.75, 3.05) is 13.2 Å². The Balaban J connectivity index is 2.37. The van der Waals surface area contributed by atoms with E-state index < -0.39 is 31.1 Å². The minimum atomic E-state index is -1.18. The van der Waals surface area contributed by atoms with Gasteiger partial charge in [-0.15, -0.1) is 0 Å². The average molecular weight is 294 g/mol. The SMILES string of the molecule is Cc1ccc(C(C)NC(=O)NC(=O)COCC(=O)O)cc1. The summed E-state index contributed by atoms with van der Waals surface area (Å²) in [6.45, 7) is 2.67. The number of hydrogen-bond donors (Lipinski definition) is 3. The van der Waals surface area contributed by atoms with E-state index in [1.165, 1.54) is 0 Å². The number of carboxylic acids is 1. The molecule has 0 bridgehead atoms. The summed E-state index contributed by atoms with van der Waals surface area (Å²) >= 11 is 0. The largest absolute Gasteiger partial charge is 0.480 e. The molecule has 7 heteroatoms. The van der Waals surface area contributed by atoms with E-state index in [0.29, 0.717) is 0 Å². The molecule has 21 heavy (non-hydrogen) atoms. The topological polar surface area (TPSA) is 105 Å². The molecule has 0 saturated carbocycles. The van der Waals surface area contributed by atoms with Crippen molar-refractivity contribution in [1.29, 1.82) is 0 Å². The van der Waals surface area contributed by atoms with Crippen LogP contribution in [0.3, 0.4) is 0 Å². The molecular formula is C14H18N2O5. The van der Waals surface area contributed by atoms with Gasteiger partial charge in [-0.25, -0.2) is 9.59 Å². The highest BCUT2D eigenvalue weighted by Crippen LogP contribution is 2.12. The zero-order valence-corrected chi connectivity index (χ0v) is 11.9. The molecular weight excluding hydrogens is 276 g/mol. The van der Waals surface area contributed by atoms with Crippen LogP contribution >= 0.6 is 0 Å². The molecule has 3 N–H and O–H groups in total. The molecule has 0 spiro atoms. The van der Waals surface area contributed by atoms with Gasteiger partial charge < -0.3 is 15.2 Å².